The van der Waals surface area contributed by atoms with E-state index in [1.807, 2.05) is 38.7 Å². The molecule has 5 aliphatic rings. The minimum Gasteiger partial charge on any atom is -0.390 e. The molecule has 1 aromatic carbocycles. The zero-order chi connectivity index (χ0) is 23.8. The Kier molecular flexibility index (Phi) is 5.50. The molecule has 6 rings (SSSR count). The lowest BCUT2D eigenvalue weighted by Gasteiger charge is -2.60. The first-order valence-corrected chi connectivity index (χ1v) is 13.9. The van der Waals surface area contributed by atoms with Crippen molar-refractivity contribution in [1.29, 1.82) is 0 Å². The molecule has 5 fully saturated rings. The molecule has 0 unspecified atom stereocenters. The minimum absolute atomic E-state index is 0.0492. The van der Waals surface area contributed by atoms with Crippen molar-refractivity contribution in [2.45, 2.75) is 83.1 Å². The zero-order valence-corrected chi connectivity index (χ0v) is 21.3. The number of carbonyl (C=O) groups excluding carboxylic acids is 1. The number of aryl methyl sites for hydroxylation is 2. The Hall–Kier alpha value is -1.44. The maximum absolute atomic E-state index is 13.5. The Labute approximate surface area is 198 Å². The number of rotatable bonds is 4. The number of hydrogen-bond acceptors (Lipinski definition) is 4. The summed E-state index contributed by atoms with van der Waals surface area (Å²) < 4.78 is 28.6. The molecular formula is C26H38N2O4S. The quantitative estimate of drug-likeness (QED) is 0.725. The largest absolute Gasteiger partial charge is 0.390 e. The van der Waals surface area contributed by atoms with Crippen LogP contribution in [0.5, 0.6) is 0 Å². The van der Waals surface area contributed by atoms with Gasteiger partial charge in [0.1, 0.15) is 0 Å². The predicted octanol–water partition coefficient (Wildman–Crippen LogP) is 3.47. The molecule has 1 N–H and O–H groups in total. The predicted molar refractivity (Wildman–Crippen MR) is 127 cm³/mol. The Balaban J connectivity index is 1.27. The number of amides is 1. The van der Waals surface area contributed by atoms with Gasteiger partial charge in [-0.05, 0) is 106 Å². The van der Waals surface area contributed by atoms with Gasteiger partial charge < -0.3 is 10.0 Å². The lowest BCUT2D eigenvalue weighted by Crippen LogP contribution is -2.57. The summed E-state index contributed by atoms with van der Waals surface area (Å²) in [4.78, 5) is 15.6. The molecule has 2 atom stereocenters. The summed E-state index contributed by atoms with van der Waals surface area (Å²) in [5.74, 6) is 1.27. The lowest BCUT2D eigenvalue weighted by atomic mass is 9.47. The van der Waals surface area contributed by atoms with Gasteiger partial charge in [0.05, 0.1) is 10.5 Å². The molecule has 1 amide bonds. The van der Waals surface area contributed by atoms with Crippen LogP contribution in [0.4, 0.5) is 0 Å². The number of benzene rings is 1. The molecular weight excluding hydrogens is 436 g/mol. The Morgan fingerprint density at radius 1 is 0.970 bits per heavy atom. The highest BCUT2D eigenvalue weighted by Gasteiger charge is 2.57. The first-order valence-electron chi connectivity index (χ1n) is 12.5. The van der Waals surface area contributed by atoms with E-state index in [9.17, 15) is 18.3 Å². The first-order chi connectivity index (χ1) is 15.4. The van der Waals surface area contributed by atoms with Gasteiger partial charge in [0, 0.05) is 32.6 Å². The number of aliphatic hydroxyl groups is 1. The van der Waals surface area contributed by atoms with Crippen molar-refractivity contribution < 1.29 is 18.3 Å². The molecule has 1 saturated heterocycles. The number of hydrogen-bond donors (Lipinski definition) is 1. The topological polar surface area (TPSA) is 77.9 Å². The van der Waals surface area contributed by atoms with Crippen molar-refractivity contribution in [3.63, 3.8) is 0 Å². The monoisotopic (exact) mass is 474 g/mol. The summed E-state index contributed by atoms with van der Waals surface area (Å²) in [5.41, 5.74) is 3.00. The zero-order valence-electron chi connectivity index (χ0n) is 20.5. The van der Waals surface area contributed by atoms with E-state index in [4.69, 9.17) is 0 Å². The smallest absolute Gasteiger partial charge is 0.243 e. The highest BCUT2D eigenvalue weighted by molar-refractivity contribution is 7.89. The fraction of sp³-hybridized carbons (Fsp3) is 0.731. The van der Waals surface area contributed by atoms with Crippen molar-refractivity contribution in [3.8, 4) is 0 Å². The van der Waals surface area contributed by atoms with Crippen LogP contribution < -0.4 is 0 Å². The van der Waals surface area contributed by atoms with Crippen LogP contribution in [0.3, 0.4) is 0 Å². The SMILES string of the molecule is Cc1cc(C)c(C)c(S(=O)(=O)N2CCN(C(=O)CC34C[C@H]5C[C@@H](CC(O)(C5)C3)C4)CC2)c1C. The Bertz CT molecular complexity index is 1050. The number of nitrogens with zero attached hydrogens (tertiary/aromatic N) is 2. The van der Waals surface area contributed by atoms with E-state index in [1.54, 1.807) is 4.31 Å². The first kappa shape index (κ1) is 23.3. The van der Waals surface area contributed by atoms with Gasteiger partial charge in [0.25, 0.3) is 0 Å². The van der Waals surface area contributed by atoms with Gasteiger partial charge in [0.2, 0.25) is 15.9 Å². The van der Waals surface area contributed by atoms with Crippen molar-refractivity contribution >= 4 is 15.9 Å². The molecule has 1 heterocycles. The van der Waals surface area contributed by atoms with E-state index < -0.39 is 15.6 Å². The highest BCUT2D eigenvalue weighted by atomic mass is 32.2. The van der Waals surface area contributed by atoms with E-state index in [0.29, 0.717) is 49.3 Å². The van der Waals surface area contributed by atoms with Crippen LogP contribution in [-0.4, -0.2) is 60.4 Å². The van der Waals surface area contributed by atoms with Crippen LogP contribution in [0.2, 0.25) is 0 Å². The van der Waals surface area contributed by atoms with Gasteiger partial charge in [-0.3, -0.25) is 4.79 Å². The summed E-state index contributed by atoms with van der Waals surface area (Å²) in [6.07, 6.45) is 6.43. The van der Waals surface area contributed by atoms with E-state index in [-0.39, 0.29) is 11.3 Å². The molecule has 182 valence electrons. The van der Waals surface area contributed by atoms with Crippen molar-refractivity contribution in [3.05, 3.63) is 28.3 Å². The van der Waals surface area contributed by atoms with Crippen LogP contribution >= 0.6 is 0 Å². The van der Waals surface area contributed by atoms with E-state index >= 15 is 0 Å². The Morgan fingerprint density at radius 3 is 2.03 bits per heavy atom. The summed E-state index contributed by atoms with van der Waals surface area (Å²) in [7, 11) is -3.61. The minimum atomic E-state index is -3.61. The fourth-order valence-electron chi connectivity index (χ4n) is 7.92. The number of carbonyl (C=O) groups is 1. The summed E-state index contributed by atoms with van der Waals surface area (Å²) in [6, 6.07) is 2.04. The summed E-state index contributed by atoms with van der Waals surface area (Å²) in [6.45, 7) is 9.23. The molecule has 6 nitrogen and oxygen atoms in total. The molecule has 1 aliphatic heterocycles. The lowest BCUT2D eigenvalue weighted by molar-refractivity contribution is -0.172. The third-order valence-electron chi connectivity index (χ3n) is 9.16. The van der Waals surface area contributed by atoms with Gasteiger partial charge in [-0.1, -0.05) is 6.07 Å². The average Bonchev–Trinajstić information content (AvgIpc) is 2.70. The maximum atomic E-state index is 13.5. The van der Waals surface area contributed by atoms with Crippen molar-refractivity contribution in [2.75, 3.05) is 26.2 Å². The third-order valence-corrected chi connectivity index (χ3v) is 11.3. The highest BCUT2D eigenvalue weighted by Crippen LogP contribution is 2.62. The molecule has 4 aliphatic carbocycles. The number of piperazine rings is 1. The molecule has 0 aromatic heterocycles. The van der Waals surface area contributed by atoms with Crippen molar-refractivity contribution in [1.82, 2.24) is 9.21 Å². The van der Waals surface area contributed by atoms with Crippen LogP contribution in [-0.2, 0) is 14.8 Å². The van der Waals surface area contributed by atoms with Crippen LogP contribution in [0, 0.1) is 44.9 Å². The molecule has 33 heavy (non-hydrogen) atoms. The molecule has 0 radical (unpaired) electrons. The van der Waals surface area contributed by atoms with E-state index in [1.165, 1.54) is 6.42 Å². The molecule has 1 aromatic rings. The van der Waals surface area contributed by atoms with Crippen LogP contribution in [0.25, 0.3) is 0 Å². The second-order valence-corrected chi connectivity index (χ2v) is 13.6. The van der Waals surface area contributed by atoms with Gasteiger partial charge in [-0.2, -0.15) is 4.31 Å². The fourth-order valence-corrected chi connectivity index (χ4v) is 9.91. The molecule has 7 heteroatoms. The summed E-state index contributed by atoms with van der Waals surface area (Å²) >= 11 is 0. The maximum Gasteiger partial charge on any atom is 0.243 e. The van der Waals surface area contributed by atoms with Crippen LogP contribution in [0.1, 0.15) is 67.2 Å². The second-order valence-electron chi connectivity index (χ2n) is 11.7. The van der Waals surface area contributed by atoms with Gasteiger partial charge in [0.15, 0.2) is 0 Å². The van der Waals surface area contributed by atoms with E-state index in [0.717, 1.165) is 54.4 Å². The molecule has 4 bridgehead atoms. The second kappa shape index (κ2) is 7.79. The normalized spacial score (nSPS) is 34.2. The Morgan fingerprint density at radius 2 is 1.52 bits per heavy atom. The third kappa shape index (κ3) is 3.94. The van der Waals surface area contributed by atoms with Gasteiger partial charge in [-0.15, -0.1) is 0 Å². The van der Waals surface area contributed by atoms with Gasteiger partial charge >= 0.3 is 0 Å². The van der Waals surface area contributed by atoms with Crippen LogP contribution in [0.15, 0.2) is 11.0 Å². The summed E-state index contributed by atoms with van der Waals surface area (Å²) in [5, 5.41) is 11.0. The standard InChI is InChI=1S/C26H38N2O4S/c1-17-9-18(2)20(4)24(19(17)3)33(31,32)28-7-5-27(6-8-28)23(29)15-25-11-21-10-22(12-25)14-26(30,13-21)16-25/h9,21-22,30H,5-8,10-16H2,1-4H3/t21-,22-,25?,26?/m1/s1. The average molecular weight is 475 g/mol. The number of sulfonamides is 1. The van der Waals surface area contributed by atoms with E-state index in [2.05, 4.69) is 0 Å². The molecule has 4 saturated carbocycles. The van der Waals surface area contributed by atoms with Gasteiger partial charge in [-0.25, -0.2) is 8.42 Å². The van der Waals surface area contributed by atoms with Crippen molar-refractivity contribution in [2.24, 2.45) is 17.3 Å². The molecule has 0 spiro atoms.